The molecular weight excluding hydrogens is 679 g/mol. The van der Waals surface area contributed by atoms with Crippen LogP contribution in [0.4, 0.5) is 5.69 Å². The highest BCUT2D eigenvalue weighted by atomic mass is 127. The average Bonchev–Trinajstić information content (AvgIpc) is 3.41. The number of ether oxygens (including phenoxy) is 2. The maximum Gasteiger partial charge on any atom is 0.310 e. The maximum absolute atomic E-state index is 12.4. The number of fused-ring (bicyclic) bond motifs is 1. The molecule has 0 aliphatic carbocycles. The molecule has 2 aromatic carbocycles. The minimum atomic E-state index is -0.167. The lowest BCUT2D eigenvalue weighted by Gasteiger charge is -2.10. The predicted octanol–water partition coefficient (Wildman–Crippen LogP) is 9.68. The van der Waals surface area contributed by atoms with Crippen molar-refractivity contribution in [1.29, 1.82) is 0 Å². The number of aromatic nitrogens is 1. The van der Waals surface area contributed by atoms with E-state index in [2.05, 4.69) is 38.6 Å². The topological polar surface area (TPSA) is 78.8 Å². The van der Waals surface area contributed by atoms with Gasteiger partial charge in [0, 0.05) is 44.2 Å². The lowest BCUT2D eigenvalue weighted by atomic mass is 10.1. The molecule has 0 aliphatic heterocycles. The fraction of sp³-hybridized carbons (Fsp3) is 0.459. The SMILES string of the molecule is C=C/C(=C\CCC)COc1ccc2c(c1)cc(C(C)=O)n2CCCCCCCCCOC(=O)Cc1ccc(NC)cc1.COI. The van der Waals surface area contributed by atoms with E-state index < -0.39 is 0 Å². The summed E-state index contributed by atoms with van der Waals surface area (Å²) in [5.41, 5.74) is 4.91. The van der Waals surface area contributed by atoms with Gasteiger partial charge in [0.25, 0.3) is 0 Å². The first kappa shape index (κ1) is 38.1. The number of aryl methyl sites for hydroxylation is 1. The van der Waals surface area contributed by atoms with Crippen LogP contribution in [0.1, 0.15) is 87.7 Å². The van der Waals surface area contributed by atoms with Gasteiger partial charge in [-0.2, -0.15) is 0 Å². The summed E-state index contributed by atoms with van der Waals surface area (Å²) in [7, 11) is 3.49. The normalized spacial score (nSPS) is 11.1. The summed E-state index contributed by atoms with van der Waals surface area (Å²) < 4.78 is 17.8. The Balaban J connectivity index is 0.00000226. The summed E-state index contributed by atoms with van der Waals surface area (Å²) in [5.74, 6) is 0.713. The van der Waals surface area contributed by atoms with Crippen LogP contribution >= 0.6 is 23.0 Å². The number of Topliss-reactive ketones (excluding diaryl/α,β-unsaturated/α-hetero) is 1. The first-order valence-corrected chi connectivity index (χ1v) is 16.9. The van der Waals surface area contributed by atoms with Gasteiger partial charge in [0.05, 0.1) is 18.7 Å². The number of halogens is 1. The number of rotatable bonds is 20. The molecule has 0 unspecified atom stereocenters. The van der Waals surface area contributed by atoms with Crippen molar-refractivity contribution < 1.29 is 22.1 Å². The molecule has 3 aromatic rings. The summed E-state index contributed by atoms with van der Waals surface area (Å²) in [6.45, 7) is 9.48. The number of ketones is 1. The second-order valence-corrected chi connectivity index (χ2v) is 11.9. The number of hydrogen-bond acceptors (Lipinski definition) is 6. The van der Waals surface area contributed by atoms with Crippen LogP contribution in [0.2, 0.25) is 0 Å². The van der Waals surface area contributed by atoms with E-state index in [9.17, 15) is 9.59 Å². The Kier molecular flexibility index (Phi) is 19.0. The molecule has 1 heterocycles. The van der Waals surface area contributed by atoms with Crippen LogP contribution in [0, 0.1) is 0 Å². The van der Waals surface area contributed by atoms with Gasteiger partial charge in [0.1, 0.15) is 35.4 Å². The van der Waals surface area contributed by atoms with Gasteiger partial charge in [-0.25, -0.2) is 0 Å². The number of unbranched alkanes of at least 4 members (excludes halogenated alkanes) is 7. The van der Waals surface area contributed by atoms with Gasteiger partial charge in [-0.3, -0.25) is 9.59 Å². The van der Waals surface area contributed by atoms with Crippen LogP contribution in [-0.2, 0) is 25.6 Å². The number of nitrogens with zero attached hydrogens (tertiary/aromatic N) is 1. The third-order valence-electron chi connectivity index (χ3n) is 7.48. The second-order valence-electron chi connectivity index (χ2n) is 11.0. The molecule has 0 saturated heterocycles. The fourth-order valence-electron chi connectivity index (χ4n) is 5.02. The number of carbonyl (C=O) groups excluding carboxylic acids is 2. The quantitative estimate of drug-likeness (QED) is 0.0410. The van der Waals surface area contributed by atoms with Gasteiger partial charge in [0.15, 0.2) is 5.78 Å². The van der Waals surface area contributed by atoms with Crippen LogP contribution in [-0.4, -0.2) is 43.7 Å². The molecule has 0 atom stereocenters. The van der Waals surface area contributed by atoms with Crippen molar-refractivity contribution in [1.82, 2.24) is 4.57 Å². The largest absolute Gasteiger partial charge is 0.489 e. The molecule has 0 radical (unpaired) electrons. The van der Waals surface area contributed by atoms with E-state index in [-0.39, 0.29) is 11.8 Å². The zero-order chi connectivity index (χ0) is 32.9. The molecule has 1 aromatic heterocycles. The van der Waals surface area contributed by atoms with Crippen molar-refractivity contribution in [2.75, 3.05) is 32.7 Å². The summed E-state index contributed by atoms with van der Waals surface area (Å²) in [6, 6.07) is 15.9. The highest BCUT2D eigenvalue weighted by molar-refractivity contribution is 14.1. The Morgan fingerprint density at radius 1 is 0.978 bits per heavy atom. The first-order valence-electron chi connectivity index (χ1n) is 16.0. The zero-order valence-electron chi connectivity index (χ0n) is 27.5. The second kappa shape index (κ2) is 22.4. The van der Waals surface area contributed by atoms with E-state index in [1.165, 1.54) is 0 Å². The predicted molar refractivity (Wildman–Crippen MR) is 195 cm³/mol. The van der Waals surface area contributed by atoms with Crippen LogP contribution in [0.3, 0.4) is 0 Å². The highest BCUT2D eigenvalue weighted by Gasteiger charge is 2.13. The van der Waals surface area contributed by atoms with Gasteiger partial charge in [0.2, 0.25) is 0 Å². The Hall–Kier alpha value is -3.11. The molecule has 1 N–H and O–H groups in total. The minimum absolute atomic E-state index is 0.0810. The summed E-state index contributed by atoms with van der Waals surface area (Å²) in [6.07, 6.45) is 14.0. The van der Waals surface area contributed by atoms with Crippen molar-refractivity contribution >= 4 is 51.3 Å². The third-order valence-corrected chi connectivity index (χ3v) is 7.48. The summed E-state index contributed by atoms with van der Waals surface area (Å²) in [4.78, 5) is 24.4. The third kappa shape index (κ3) is 14.2. The van der Waals surface area contributed by atoms with Crippen LogP contribution in [0.25, 0.3) is 10.9 Å². The van der Waals surface area contributed by atoms with Gasteiger partial charge < -0.3 is 22.4 Å². The standard InChI is InChI=1S/C36H48N2O4.CH3IO/c1-5-7-15-29(6-2)27-42-33-20-21-34-31(25-33)26-35(28(3)39)38(34)22-13-11-9-8-10-12-14-23-41-36(40)24-30-16-18-32(37-4)19-17-30;1-3-2/h6,15-21,25-26,37H,2,5,7-14,22-24,27H2,1,3-4H3;1H3/b29-15+;. The lowest BCUT2D eigenvalue weighted by Crippen LogP contribution is -2.09. The Labute approximate surface area is 284 Å². The summed E-state index contributed by atoms with van der Waals surface area (Å²) in [5, 5.41) is 4.10. The van der Waals surface area contributed by atoms with E-state index in [1.807, 2.05) is 55.6 Å². The van der Waals surface area contributed by atoms with Crippen molar-refractivity contribution in [3.8, 4) is 5.75 Å². The minimum Gasteiger partial charge on any atom is -0.489 e. The molecule has 0 saturated carbocycles. The molecule has 0 fully saturated rings. The molecule has 7 nitrogen and oxygen atoms in total. The first-order chi connectivity index (χ1) is 21.9. The van der Waals surface area contributed by atoms with Crippen molar-refractivity contribution in [3.05, 3.63) is 84.1 Å². The van der Waals surface area contributed by atoms with Gasteiger partial charge in [-0.05, 0) is 66.8 Å². The van der Waals surface area contributed by atoms with Crippen LogP contribution in [0.5, 0.6) is 5.75 Å². The molecule has 3 rings (SSSR count). The number of nitrogens with one attached hydrogen (secondary N) is 1. The molecule has 45 heavy (non-hydrogen) atoms. The molecule has 0 aliphatic rings. The molecule has 8 heteroatoms. The van der Waals surface area contributed by atoms with Crippen molar-refractivity contribution in [3.63, 3.8) is 0 Å². The lowest BCUT2D eigenvalue weighted by molar-refractivity contribution is -0.142. The average molecular weight is 731 g/mol. The van der Waals surface area contributed by atoms with Gasteiger partial charge >= 0.3 is 5.97 Å². The number of benzene rings is 2. The Morgan fingerprint density at radius 3 is 2.27 bits per heavy atom. The number of anilines is 1. The smallest absolute Gasteiger partial charge is 0.310 e. The Morgan fingerprint density at radius 2 is 1.64 bits per heavy atom. The molecule has 0 amide bonds. The number of carbonyl (C=O) groups is 2. The summed E-state index contributed by atoms with van der Waals surface area (Å²) >= 11 is 1.79. The van der Waals surface area contributed by atoms with E-state index in [0.29, 0.717) is 19.6 Å². The molecule has 0 spiro atoms. The highest BCUT2D eigenvalue weighted by Crippen LogP contribution is 2.26. The number of allylic oxidation sites excluding steroid dienone is 1. The van der Waals surface area contributed by atoms with Crippen molar-refractivity contribution in [2.24, 2.45) is 0 Å². The van der Waals surface area contributed by atoms with Gasteiger partial charge in [-0.1, -0.05) is 76.3 Å². The molecule has 0 bridgehead atoms. The molecule has 246 valence electrons. The van der Waals surface area contributed by atoms with E-state index in [4.69, 9.17) is 9.47 Å². The van der Waals surface area contributed by atoms with Crippen LogP contribution < -0.4 is 10.1 Å². The van der Waals surface area contributed by atoms with E-state index in [1.54, 1.807) is 37.0 Å². The zero-order valence-corrected chi connectivity index (χ0v) is 29.7. The fourth-order valence-corrected chi connectivity index (χ4v) is 5.02. The monoisotopic (exact) mass is 730 g/mol. The number of hydrogen-bond donors (Lipinski definition) is 1. The maximum atomic E-state index is 12.4. The Bertz CT molecular complexity index is 1350. The van der Waals surface area contributed by atoms with E-state index in [0.717, 1.165) is 104 Å². The molecular formula is C37H51IN2O5. The van der Waals surface area contributed by atoms with E-state index >= 15 is 0 Å². The van der Waals surface area contributed by atoms with Crippen LogP contribution in [0.15, 0.2) is 72.8 Å². The number of esters is 1. The van der Waals surface area contributed by atoms with Crippen molar-refractivity contribution in [2.45, 2.75) is 84.6 Å². The van der Waals surface area contributed by atoms with Gasteiger partial charge in [-0.15, -0.1) is 0 Å².